The van der Waals surface area contributed by atoms with Gasteiger partial charge in [0.1, 0.15) is 17.2 Å². The second kappa shape index (κ2) is 6.87. The highest BCUT2D eigenvalue weighted by Gasteiger charge is 2.20. The summed E-state index contributed by atoms with van der Waals surface area (Å²) in [6.45, 7) is 2.05. The number of hydrogen-bond donors (Lipinski definition) is 1. The second-order valence-corrected chi connectivity index (χ2v) is 6.62. The van der Waals surface area contributed by atoms with Crippen LogP contribution in [0.15, 0.2) is 42.6 Å². The van der Waals surface area contributed by atoms with E-state index in [0.29, 0.717) is 6.42 Å². The van der Waals surface area contributed by atoms with E-state index in [0.717, 1.165) is 41.9 Å². The Balaban J connectivity index is 1.67. The summed E-state index contributed by atoms with van der Waals surface area (Å²) in [5.74, 6) is -2.54. The van der Waals surface area contributed by atoms with E-state index in [-0.39, 0.29) is 5.82 Å². The van der Waals surface area contributed by atoms with Crippen LogP contribution in [0.25, 0.3) is 11.3 Å². The lowest BCUT2D eigenvalue weighted by Gasteiger charge is -2.11. The Morgan fingerprint density at radius 2 is 1.89 bits per heavy atom. The summed E-state index contributed by atoms with van der Waals surface area (Å²) in [5, 5.41) is 2.45. The third kappa shape index (κ3) is 3.30. The van der Waals surface area contributed by atoms with Crippen molar-refractivity contribution in [2.24, 2.45) is 0 Å². The molecule has 4 rings (SSSR count). The number of carbonyl (C=O) groups is 1. The molecule has 4 nitrogen and oxygen atoms in total. The van der Waals surface area contributed by atoms with Crippen molar-refractivity contribution < 1.29 is 13.6 Å². The van der Waals surface area contributed by atoms with Crippen LogP contribution in [0.1, 0.15) is 33.6 Å². The number of amides is 1. The van der Waals surface area contributed by atoms with Crippen LogP contribution in [0.2, 0.25) is 0 Å². The predicted molar refractivity (Wildman–Crippen MR) is 98.5 cm³/mol. The van der Waals surface area contributed by atoms with E-state index >= 15 is 0 Å². The van der Waals surface area contributed by atoms with Gasteiger partial charge < -0.3 is 5.32 Å². The summed E-state index contributed by atoms with van der Waals surface area (Å²) >= 11 is 0. The van der Waals surface area contributed by atoms with Crippen LogP contribution >= 0.6 is 0 Å². The minimum atomic E-state index is -0.917. The van der Waals surface area contributed by atoms with E-state index in [4.69, 9.17) is 0 Å². The van der Waals surface area contributed by atoms with Crippen LogP contribution in [0.3, 0.4) is 0 Å². The van der Waals surface area contributed by atoms with Gasteiger partial charge in [0, 0.05) is 5.56 Å². The van der Waals surface area contributed by atoms with Gasteiger partial charge in [-0.25, -0.2) is 13.8 Å². The smallest absolute Gasteiger partial charge is 0.262 e. The van der Waals surface area contributed by atoms with Crippen LogP contribution in [0, 0.1) is 18.6 Å². The zero-order valence-electron chi connectivity index (χ0n) is 14.7. The molecule has 0 bridgehead atoms. The highest BCUT2D eigenvalue weighted by Crippen LogP contribution is 2.31. The van der Waals surface area contributed by atoms with Crippen molar-refractivity contribution in [3.05, 3.63) is 76.6 Å². The Kier molecular flexibility index (Phi) is 4.39. The van der Waals surface area contributed by atoms with Gasteiger partial charge in [-0.1, -0.05) is 29.8 Å². The quantitative estimate of drug-likeness (QED) is 0.729. The molecule has 0 saturated heterocycles. The van der Waals surface area contributed by atoms with Gasteiger partial charge >= 0.3 is 0 Å². The number of rotatable bonds is 2. The fourth-order valence-electron chi connectivity index (χ4n) is 3.39. The molecule has 0 atom stereocenters. The number of hydrogen-bond acceptors (Lipinski definition) is 3. The molecule has 1 aromatic heterocycles. The summed E-state index contributed by atoms with van der Waals surface area (Å²) in [5.41, 5.74) is 4.39. The summed E-state index contributed by atoms with van der Waals surface area (Å²) in [6, 6.07) is 9.52. The number of nitrogens with one attached hydrogen (secondary N) is 1. The molecule has 1 N–H and O–H groups in total. The zero-order valence-corrected chi connectivity index (χ0v) is 14.7. The van der Waals surface area contributed by atoms with Crippen LogP contribution in [0.5, 0.6) is 0 Å². The SMILES string of the molecule is Cc1ccc2c(c1)CCCc1nc(NC(=O)c3c(F)cccc3F)cnc1-2. The van der Waals surface area contributed by atoms with Gasteiger partial charge in [0.15, 0.2) is 5.82 Å². The lowest BCUT2D eigenvalue weighted by atomic mass is 10.0. The number of anilines is 1. The van der Waals surface area contributed by atoms with Crippen LogP contribution < -0.4 is 5.32 Å². The normalized spacial score (nSPS) is 12.7. The van der Waals surface area contributed by atoms with Crippen molar-refractivity contribution >= 4 is 11.7 Å². The Labute approximate surface area is 155 Å². The first-order valence-corrected chi connectivity index (χ1v) is 8.74. The van der Waals surface area contributed by atoms with Gasteiger partial charge in [-0.05, 0) is 43.9 Å². The van der Waals surface area contributed by atoms with Crippen LogP contribution in [-0.2, 0) is 12.8 Å². The Morgan fingerprint density at radius 3 is 2.67 bits per heavy atom. The van der Waals surface area contributed by atoms with E-state index in [1.807, 2.05) is 12.1 Å². The monoisotopic (exact) mass is 365 g/mol. The van der Waals surface area contributed by atoms with Crippen LogP contribution in [0.4, 0.5) is 14.6 Å². The molecule has 27 heavy (non-hydrogen) atoms. The van der Waals surface area contributed by atoms with Crippen molar-refractivity contribution in [3.63, 3.8) is 0 Å². The molecule has 2 aromatic carbocycles. The molecule has 0 aliphatic heterocycles. The molecule has 0 saturated carbocycles. The molecule has 0 fully saturated rings. The molecule has 0 radical (unpaired) electrons. The molecule has 1 amide bonds. The molecule has 1 aliphatic rings. The maximum atomic E-state index is 13.8. The number of halogens is 2. The fourth-order valence-corrected chi connectivity index (χ4v) is 3.39. The minimum Gasteiger partial charge on any atom is -0.305 e. The molecule has 136 valence electrons. The average molecular weight is 365 g/mol. The van der Waals surface area contributed by atoms with Crippen molar-refractivity contribution in [2.75, 3.05) is 5.32 Å². The minimum absolute atomic E-state index is 0.178. The van der Waals surface area contributed by atoms with E-state index in [1.54, 1.807) is 0 Å². The van der Waals surface area contributed by atoms with Gasteiger partial charge in [-0.2, -0.15) is 0 Å². The van der Waals surface area contributed by atoms with Crippen molar-refractivity contribution in [1.29, 1.82) is 0 Å². The maximum absolute atomic E-state index is 13.8. The molecule has 1 aliphatic carbocycles. The average Bonchev–Trinajstić information content (AvgIpc) is 2.79. The number of fused-ring (bicyclic) bond motifs is 3. The second-order valence-electron chi connectivity index (χ2n) is 6.62. The predicted octanol–water partition coefficient (Wildman–Crippen LogP) is 4.47. The van der Waals surface area contributed by atoms with Gasteiger partial charge in [0.25, 0.3) is 5.91 Å². The summed E-state index contributed by atoms with van der Waals surface area (Å²) in [4.78, 5) is 21.2. The van der Waals surface area contributed by atoms with Gasteiger partial charge in [0.2, 0.25) is 0 Å². The van der Waals surface area contributed by atoms with Crippen LogP contribution in [-0.4, -0.2) is 15.9 Å². The number of aryl methyl sites for hydroxylation is 3. The largest absolute Gasteiger partial charge is 0.305 e. The third-order valence-corrected chi connectivity index (χ3v) is 4.65. The Bertz CT molecular complexity index is 1030. The summed E-state index contributed by atoms with van der Waals surface area (Å²) in [6.07, 6.45) is 3.98. The van der Waals surface area contributed by atoms with Crippen molar-refractivity contribution in [1.82, 2.24) is 9.97 Å². The number of carbonyl (C=O) groups excluding carboxylic acids is 1. The first kappa shape index (κ1) is 17.3. The molecule has 1 heterocycles. The van der Waals surface area contributed by atoms with Gasteiger partial charge in [-0.3, -0.25) is 9.78 Å². The maximum Gasteiger partial charge on any atom is 0.262 e. The van der Waals surface area contributed by atoms with Gasteiger partial charge in [-0.15, -0.1) is 0 Å². The Hall–Kier alpha value is -3.15. The summed E-state index contributed by atoms with van der Waals surface area (Å²) < 4.78 is 27.6. The van der Waals surface area contributed by atoms with E-state index in [2.05, 4.69) is 28.3 Å². The molecule has 0 unspecified atom stereocenters. The highest BCUT2D eigenvalue weighted by molar-refractivity contribution is 6.04. The lowest BCUT2D eigenvalue weighted by molar-refractivity contribution is 0.101. The summed E-state index contributed by atoms with van der Waals surface area (Å²) in [7, 11) is 0. The van der Waals surface area contributed by atoms with E-state index in [1.165, 1.54) is 23.4 Å². The number of nitrogens with zero attached hydrogens (tertiary/aromatic N) is 2. The first-order valence-electron chi connectivity index (χ1n) is 8.74. The van der Waals surface area contributed by atoms with Gasteiger partial charge in [0.05, 0.1) is 17.6 Å². The van der Waals surface area contributed by atoms with E-state index < -0.39 is 23.1 Å². The molecular formula is C21H17F2N3O. The molecular weight excluding hydrogens is 348 g/mol. The zero-order chi connectivity index (χ0) is 19.0. The topological polar surface area (TPSA) is 54.9 Å². The molecule has 0 spiro atoms. The third-order valence-electron chi connectivity index (χ3n) is 4.65. The van der Waals surface area contributed by atoms with Crippen molar-refractivity contribution in [2.45, 2.75) is 26.2 Å². The Morgan fingerprint density at radius 1 is 1.11 bits per heavy atom. The standard InChI is InChI=1S/C21H17F2N3O/c1-12-8-9-14-13(10-12)4-2-7-17-20(14)24-11-18(25-17)26-21(27)19-15(22)5-3-6-16(19)23/h3,5-6,8-11H,2,4,7H2,1H3,(H,25,26,27). The fraction of sp³-hybridized carbons (Fsp3) is 0.190. The molecule has 6 heteroatoms. The highest BCUT2D eigenvalue weighted by atomic mass is 19.1. The molecule has 3 aromatic rings. The van der Waals surface area contributed by atoms with E-state index in [9.17, 15) is 13.6 Å². The first-order chi connectivity index (χ1) is 13.0. The van der Waals surface area contributed by atoms with Crippen molar-refractivity contribution in [3.8, 4) is 11.3 Å². The number of aromatic nitrogens is 2. The number of benzene rings is 2. The lowest BCUT2D eigenvalue weighted by Crippen LogP contribution is -2.17.